The molecule has 1 aromatic carbocycles. The first-order valence-corrected chi connectivity index (χ1v) is 5.75. The maximum atomic E-state index is 11.7. The Morgan fingerprint density at radius 1 is 1.25 bits per heavy atom. The van der Waals surface area contributed by atoms with Crippen LogP contribution in [0.2, 0.25) is 5.02 Å². The van der Waals surface area contributed by atoms with Gasteiger partial charge < -0.3 is 0 Å². The number of rotatable bonds is 2. The first-order valence-electron chi connectivity index (χ1n) is 5.37. The first-order chi connectivity index (χ1) is 7.77. The summed E-state index contributed by atoms with van der Waals surface area (Å²) in [7, 11) is 0. The molecular formula is C12H13ClN2O. The van der Waals surface area contributed by atoms with E-state index in [1.807, 2.05) is 0 Å². The van der Waals surface area contributed by atoms with E-state index in [2.05, 4.69) is 10.5 Å². The molecule has 3 nitrogen and oxygen atoms in total. The van der Waals surface area contributed by atoms with Gasteiger partial charge in [-0.05, 0) is 37.8 Å². The molecule has 0 aromatic heterocycles. The van der Waals surface area contributed by atoms with Gasteiger partial charge in [0.05, 0.1) is 10.6 Å². The van der Waals surface area contributed by atoms with E-state index in [4.69, 9.17) is 11.6 Å². The van der Waals surface area contributed by atoms with Gasteiger partial charge in [-0.3, -0.25) is 4.79 Å². The Morgan fingerprint density at radius 3 is 2.62 bits per heavy atom. The van der Waals surface area contributed by atoms with E-state index in [9.17, 15) is 4.79 Å². The molecule has 1 aliphatic rings. The second-order valence-electron chi connectivity index (χ2n) is 3.81. The largest absolute Gasteiger partial charge is 0.272 e. The summed E-state index contributed by atoms with van der Waals surface area (Å²) in [5.74, 6) is -0.245. The summed E-state index contributed by atoms with van der Waals surface area (Å²) < 4.78 is 0. The van der Waals surface area contributed by atoms with Gasteiger partial charge in [-0.2, -0.15) is 5.10 Å². The van der Waals surface area contributed by atoms with Crippen molar-refractivity contribution in [3.05, 3.63) is 34.9 Å². The third-order valence-electron chi connectivity index (χ3n) is 2.61. The minimum absolute atomic E-state index is 0.245. The lowest BCUT2D eigenvalue weighted by atomic mass is 10.2. The summed E-state index contributed by atoms with van der Waals surface area (Å²) in [6, 6.07) is 6.96. The fourth-order valence-electron chi connectivity index (χ4n) is 1.73. The Hall–Kier alpha value is -1.35. The number of hydrazone groups is 1. The normalized spacial score (nSPS) is 14.9. The molecule has 0 aliphatic heterocycles. The first kappa shape index (κ1) is 11.1. The second kappa shape index (κ2) is 5.12. The van der Waals surface area contributed by atoms with Gasteiger partial charge >= 0.3 is 0 Å². The highest BCUT2D eigenvalue weighted by Crippen LogP contribution is 2.16. The Labute approximate surface area is 99.5 Å². The Bertz CT molecular complexity index is 421. The molecule has 1 fully saturated rings. The van der Waals surface area contributed by atoms with E-state index in [0.29, 0.717) is 10.6 Å². The van der Waals surface area contributed by atoms with Gasteiger partial charge in [0.2, 0.25) is 0 Å². The van der Waals surface area contributed by atoms with Crippen molar-refractivity contribution >= 4 is 23.2 Å². The lowest BCUT2D eigenvalue weighted by molar-refractivity contribution is 0.0955. The number of nitrogens with zero attached hydrogens (tertiary/aromatic N) is 1. The summed E-state index contributed by atoms with van der Waals surface area (Å²) in [6.07, 6.45) is 4.31. The molecule has 16 heavy (non-hydrogen) atoms. The van der Waals surface area contributed by atoms with Crippen molar-refractivity contribution in [2.45, 2.75) is 25.7 Å². The van der Waals surface area contributed by atoms with E-state index < -0.39 is 0 Å². The SMILES string of the molecule is O=C(NN=C1CCCC1)c1ccccc1Cl. The molecule has 1 aliphatic carbocycles. The zero-order valence-electron chi connectivity index (χ0n) is 8.87. The van der Waals surface area contributed by atoms with E-state index in [1.165, 1.54) is 12.8 Å². The highest BCUT2D eigenvalue weighted by molar-refractivity contribution is 6.33. The van der Waals surface area contributed by atoms with Crippen molar-refractivity contribution in [2.24, 2.45) is 5.10 Å². The van der Waals surface area contributed by atoms with Crippen LogP contribution in [0.5, 0.6) is 0 Å². The van der Waals surface area contributed by atoms with Crippen LogP contribution in [-0.2, 0) is 0 Å². The van der Waals surface area contributed by atoms with Gasteiger partial charge in [-0.15, -0.1) is 0 Å². The van der Waals surface area contributed by atoms with E-state index in [-0.39, 0.29) is 5.91 Å². The Balaban J connectivity index is 2.03. The summed E-state index contributed by atoms with van der Waals surface area (Å²) in [6.45, 7) is 0. The molecule has 2 rings (SSSR count). The third kappa shape index (κ3) is 2.61. The molecule has 1 N–H and O–H groups in total. The van der Waals surface area contributed by atoms with Gasteiger partial charge in [0.15, 0.2) is 0 Å². The molecule has 0 bridgehead atoms. The summed E-state index contributed by atoms with van der Waals surface area (Å²) in [4.78, 5) is 11.7. The molecule has 0 radical (unpaired) electrons. The fourth-order valence-corrected chi connectivity index (χ4v) is 1.95. The fraction of sp³-hybridized carbons (Fsp3) is 0.333. The molecule has 0 heterocycles. The molecule has 84 valence electrons. The van der Waals surface area contributed by atoms with Crippen molar-refractivity contribution < 1.29 is 4.79 Å². The van der Waals surface area contributed by atoms with E-state index in [1.54, 1.807) is 24.3 Å². The van der Waals surface area contributed by atoms with Crippen LogP contribution >= 0.6 is 11.6 Å². The van der Waals surface area contributed by atoms with Crippen molar-refractivity contribution in [2.75, 3.05) is 0 Å². The number of nitrogens with one attached hydrogen (secondary N) is 1. The van der Waals surface area contributed by atoms with E-state index in [0.717, 1.165) is 18.6 Å². The number of carbonyl (C=O) groups is 1. The van der Waals surface area contributed by atoms with Gasteiger partial charge in [0.25, 0.3) is 5.91 Å². The lowest BCUT2D eigenvalue weighted by Crippen LogP contribution is -2.19. The number of halogens is 1. The quantitative estimate of drug-likeness (QED) is 0.788. The predicted octanol–water partition coefficient (Wildman–Crippen LogP) is 3.00. The van der Waals surface area contributed by atoms with Crippen LogP contribution in [0.1, 0.15) is 36.0 Å². The van der Waals surface area contributed by atoms with Crippen molar-refractivity contribution in [1.82, 2.24) is 5.43 Å². The van der Waals surface area contributed by atoms with Crippen LogP contribution < -0.4 is 5.43 Å². The molecule has 0 spiro atoms. The number of amides is 1. The van der Waals surface area contributed by atoms with Crippen LogP contribution in [0.15, 0.2) is 29.4 Å². The molecular weight excluding hydrogens is 224 g/mol. The van der Waals surface area contributed by atoms with Gasteiger partial charge in [0.1, 0.15) is 0 Å². The van der Waals surface area contributed by atoms with Crippen LogP contribution in [0, 0.1) is 0 Å². The van der Waals surface area contributed by atoms with Crippen molar-refractivity contribution in [3.63, 3.8) is 0 Å². The zero-order valence-corrected chi connectivity index (χ0v) is 9.63. The van der Waals surface area contributed by atoms with Gasteiger partial charge in [0, 0.05) is 5.71 Å². The predicted molar refractivity (Wildman–Crippen MR) is 64.8 cm³/mol. The molecule has 1 aromatic rings. The average molecular weight is 237 g/mol. The molecule has 0 saturated heterocycles. The van der Waals surface area contributed by atoms with Crippen LogP contribution in [0.4, 0.5) is 0 Å². The van der Waals surface area contributed by atoms with Crippen LogP contribution in [0.25, 0.3) is 0 Å². The summed E-state index contributed by atoms with van der Waals surface area (Å²) in [5, 5.41) is 4.55. The molecule has 4 heteroatoms. The maximum Gasteiger partial charge on any atom is 0.272 e. The lowest BCUT2D eigenvalue weighted by Gasteiger charge is -2.02. The van der Waals surface area contributed by atoms with Crippen LogP contribution in [-0.4, -0.2) is 11.6 Å². The molecule has 0 unspecified atom stereocenters. The number of hydrogen-bond acceptors (Lipinski definition) is 2. The minimum atomic E-state index is -0.245. The molecule has 0 atom stereocenters. The van der Waals surface area contributed by atoms with Gasteiger partial charge in [-0.1, -0.05) is 23.7 Å². The third-order valence-corrected chi connectivity index (χ3v) is 2.94. The van der Waals surface area contributed by atoms with Gasteiger partial charge in [-0.25, -0.2) is 5.43 Å². The van der Waals surface area contributed by atoms with E-state index >= 15 is 0 Å². The number of carbonyl (C=O) groups excluding carboxylic acids is 1. The standard InChI is InChI=1S/C12H13ClN2O/c13-11-8-4-3-7-10(11)12(16)15-14-9-5-1-2-6-9/h3-4,7-8H,1-2,5-6H2,(H,15,16). The number of hydrogen-bond donors (Lipinski definition) is 1. The van der Waals surface area contributed by atoms with Crippen molar-refractivity contribution in [1.29, 1.82) is 0 Å². The van der Waals surface area contributed by atoms with Crippen molar-refractivity contribution in [3.8, 4) is 0 Å². The topological polar surface area (TPSA) is 41.5 Å². The molecule has 1 saturated carbocycles. The smallest absolute Gasteiger partial charge is 0.267 e. The minimum Gasteiger partial charge on any atom is -0.267 e. The summed E-state index contributed by atoms with van der Waals surface area (Å²) in [5.41, 5.74) is 4.08. The Morgan fingerprint density at radius 2 is 1.94 bits per heavy atom. The highest BCUT2D eigenvalue weighted by Gasteiger charge is 2.11. The number of benzene rings is 1. The summed E-state index contributed by atoms with van der Waals surface area (Å²) >= 11 is 5.91. The second-order valence-corrected chi connectivity index (χ2v) is 4.21. The average Bonchev–Trinajstić information content (AvgIpc) is 2.79. The highest BCUT2D eigenvalue weighted by atomic mass is 35.5. The zero-order chi connectivity index (χ0) is 11.4. The molecule has 1 amide bonds. The maximum absolute atomic E-state index is 11.7. The Kier molecular flexibility index (Phi) is 3.57. The monoisotopic (exact) mass is 236 g/mol. The van der Waals surface area contributed by atoms with Crippen LogP contribution in [0.3, 0.4) is 0 Å².